The molecule has 42 heavy (non-hydrogen) atoms. The summed E-state index contributed by atoms with van der Waals surface area (Å²) in [4.78, 5) is 0. The van der Waals surface area contributed by atoms with Crippen molar-refractivity contribution in [1.29, 1.82) is 0 Å². The predicted octanol–water partition coefficient (Wildman–Crippen LogP) is 11.1. The van der Waals surface area contributed by atoms with Crippen molar-refractivity contribution in [2.45, 2.75) is 19.3 Å². The van der Waals surface area contributed by atoms with Gasteiger partial charge in [0.25, 0.3) is 0 Å². The summed E-state index contributed by atoms with van der Waals surface area (Å²) in [6.07, 6.45) is 0. The van der Waals surface area contributed by atoms with Gasteiger partial charge in [0.2, 0.25) is 0 Å². The van der Waals surface area contributed by atoms with Crippen LogP contribution in [-0.4, -0.2) is 4.57 Å². The lowest BCUT2D eigenvalue weighted by Gasteiger charge is -2.22. The lowest BCUT2D eigenvalue weighted by Crippen LogP contribution is -2.15. The van der Waals surface area contributed by atoms with E-state index in [1.165, 1.54) is 82.4 Å². The molecule has 0 fully saturated rings. The largest absolute Gasteiger partial charge is 0.309 e. The maximum Gasteiger partial charge on any atom is 0.0544 e. The molecule has 0 spiro atoms. The van der Waals surface area contributed by atoms with E-state index in [1.807, 2.05) is 0 Å². The molecule has 7 aromatic carbocycles. The van der Waals surface area contributed by atoms with Gasteiger partial charge in [0, 0.05) is 21.9 Å². The van der Waals surface area contributed by atoms with Gasteiger partial charge in [-0.25, -0.2) is 0 Å². The highest BCUT2D eigenvalue weighted by Crippen LogP contribution is 2.53. The van der Waals surface area contributed by atoms with E-state index in [0.29, 0.717) is 0 Å². The van der Waals surface area contributed by atoms with Gasteiger partial charge in [-0.15, -0.1) is 0 Å². The Kier molecular flexibility index (Phi) is 4.73. The van der Waals surface area contributed by atoms with Gasteiger partial charge < -0.3 is 4.57 Å². The fourth-order valence-electron chi connectivity index (χ4n) is 7.62. The normalized spacial score (nSPS) is 13.7. The summed E-state index contributed by atoms with van der Waals surface area (Å²) in [6.45, 7) is 4.76. The Hall–Kier alpha value is -5.14. The van der Waals surface area contributed by atoms with Crippen molar-refractivity contribution in [3.05, 3.63) is 151 Å². The summed E-state index contributed by atoms with van der Waals surface area (Å²) in [5, 5.41) is 7.82. The Morgan fingerprint density at radius 3 is 2.10 bits per heavy atom. The molecule has 0 N–H and O–H groups in total. The summed E-state index contributed by atoms with van der Waals surface area (Å²) in [7, 11) is 0. The van der Waals surface area contributed by atoms with Crippen LogP contribution in [-0.2, 0) is 5.41 Å². The van der Waals surface area contributed by atoms with Crippen LogP contribution in [0.2, 0.25) is 0 Å². The minimum atomic E-state index is -0.0733. The molecule has 1 aromatic heterocycles. The molecule has 0 unspecified atom stereocenters. The molecule has 1 aliphatic rings. The molecular formula is C41H29N. The van der Waals surface area contributed by atoms with Crippen LogP contribution in [0.5, 0.6) is 0 Å². The second-order valence-electron chi connectivity index (χ2n) is 12.2. The molecule has 1 nitrogen and oxygen atoms in total. The number of nitrogens with zero attached hydrogens (tertiary/aromatic N) is 1. The molecule has 0 bridgehead atoms. The van der Waals surface area contributed by atoms with Crippen molar-refractivity contribution >= 4 is 43.4 Å². The van der Waals surface area contributed by atoms with Crippen molar-refractivity contribution in [2.75, 3.05) is 0 Å². The highest BCUT2D eigenvalue weighted by molar-refractivity contribution is 6.14. The Bertz CT molecular complexity index is 2380. The minimum Gasteiger partial charge on any atom is -0.309 e. The second-order valence-corrected chi connectivity index (χ2v) is 12.2. The van der Waals surface area contributed by atoms with E-state index in [0.717, 1.165) is 0 Å². The van der Waals surface area contributed by atoms with E-state index in [4.69, 9.17) is 0 Å². The molecule has 0 radical (unpaired) electrons. The Labute approximate surface area is 245 Å². The molecule has 198 valence electrons. The predicted molar refractivity (Wildman–Crippen MR) is 179 cm³/mol. The number of para-hydroxylation sites is 1. The first kappa shape index (κ1) is 23.6. The van der Waals surface area contributed by atoms with Gasteiger partial charge in [-0.3, -0.25) is 0 Å². The summed E-state index contributed by atoms with van der Waals surface area (Å²) < 4.78 is 2.46. The number of hydrogen-bond acceptors (Lipinski definition) is 0. The fraction of sp³-hybridized carbons (Fsp3) is 0.0732. The fourth-order valence-corrected chi connectivity index (χ4v) is 7.62. The van der Waals surface area contributed by atoms with Gasteiger partial charge in [-0.1, -0.05) is 123 Å². The van der Waals surface area contributed by atoms with E-state index in [-0.39, 0.29) is 5.41 Å². The highest BCUT2D eigenvalue weighted by Gasteiger charge is 2.37. The molecule has 0 saturated heterocycles. The maximum absolute atomic E-state index is 2.46. The van der Waals surface area contributed by atoms with Gasteiger partial charge in [0.1, 0.15) is 0 Å². The first-order valence-electron chi connectivity index (χ1n) is 14.8. The van der Waals surface area contributed by atoms with Gasteiger partial charge in [0.05, 0.1) is 11.0 Å². The summed E-state index contributed by atoms with van der Waals surface area (Å²) in [6, 6.07) is 51.5. The number of rotatable bonds is 2. The molecule has 8 aromatic rings. The zero-order valence-corrected chi connectivity index (χ0v) is 23.7. The third-order valence-corrected chi connectivity index (χ3v) is 9.54. The second kappa shape index (κ2) is 8.44. The van der Waals surface area contributed by atoms with Crippen LogP contribution in [0.15, 0.2) is 140 Å². The van der Waals surface area contributed by atoms with Crippen LogP contribution in [0.3, 0.4) is 0 Å². The smallest absolute Gasteiger partial charge is 0.0544 e. The van der Waals surface area contributed by atoms with E-state index in [1.54, 1.807) is 0 Å². The SMILES string of the molecule is CC1(C)c2ccccc2-c2ccc3c(c21)c1ccccc1n3-c1cccc(-c2ccc3ccc4ccccc4c3c2)c1. The number of hydrogen-bond donors (Lipinski definition) is 0. The maximum atomic E-state index is 2.46. The zero-order valence-electron chi connectivity index (χ0n) is 23.7. The molecule has 0 atom stereocenters. The minimum absolute atomic E-state index is 0.0733. The summed E-state index contributed by atoms with van der Waals surface area (Å²) in [5.74, 6) is 0. The third kappa shape index (κ3) is 3.14. The van der Waals surface area contributed by atoms with Crippen molar-refractivity contribution in [1.82, 2.24) is 4.57 Å². The average molecular weight is 536 g/mol. The molecule has 0 aliphatic heterocycles. The van der Waals surface area contributed by atoms with Crippen molar-refractivity contribution < 1.29 is 0 Å². The summed E-state index contributed by atoms with van der Waals surface area (Å²) in [5.41, 5.74) is 11.7. The van der Waals surface area contributed by atoms with Gasteiger partial charge in [0.15, 0.2) is 0 Å². The van der Waals surface area contributed by atoms with E-state index in [2.05, 4.69) is 158 Å². The molecule has 1 aliphatic carbocycles. The number of fused-ring (bicyclic) bond motifs is 10. The Morgan fingerprint density at radius 2 is 1.19 bits per heavy atom. The molecule has 0 saturated carbocycles. The van der Waals surface area contributed by atoms with Crippen LogP contribution in [0.25, 0.3) is 71.3 Å². The zero-order chi connectivity index (χ0) is 28.0. The van der Waals surface area contributed by atoms with Gasteiger partial charge in [-0.05, 0) is 85.3 Å². The molecule has 1 heteroatoms. The quantitative estimate of drug-likeness (QED) is 0.194. The molecular weight excluding hydrogens is 506 g/mol. The standard InChI is InChI=1S/C41H29N/c1-41(2)36-16-7-5-14-32(36)33-22-23-38-39(40(33)41)34-15-6-8-17-37(34)42(38)30-12-9-11-28(24-30)29-21-20-27-19-18-26-10-3-4-13-31(26)35(27)25-29/h3-25H,1-2H3. The monoisotopic (exact) mass is 535 g/mol. The lowest BCUT2D eigenvalue weighted by atomic mass is 9.80. The van der Waals surface area contributed by atoms with Crippen LogP contribution >= 0.6 is 0 Å². The van der Waals surface area contributed by atoms with E-state index < -0.39 is 0 Å². The van der Waals surface area contributed by atoms with Gasteiger partial charge >= 0.3 is 0 Å². The Morgan fingerprint density at radius 1 is 0.476 bits per heavy atom. The van der Waals surface area contributed by atoms with E-state index in [9.17, 15) is 0 Å². The van der Waals surface area contributed by atoms with Crippen LogP contribution in [0.1, 0.15) is 25.0 Å². The number of benzene rings is 7. The molecule has 9 rings (SSSR count). The molecule has 0 amide bonds. The van der Waals surface area contributed by atoms with Crippen LogP contribution in [0, 0.1) is 0 Å². The van der Waals surface area contributed by atoms with Crippen molar-refractivity contribution in [3.8, 4) is 27.9 Å². The first-order chi connectivity index (χ1) is 20.6. The Balaban J connectivity index is 1.29. The number of aromatic nitrogens is 1. The van der Waals surface area contributed by atoms with Crippen LogP contribution in [0.4, 0.5) is 0 Å². The molecule has 1 heterocycles. The van der Waals surface area contributed by atoms with Crippen molar-refractivity contribution in [3.63, 3.8) is 0 Å². The van der Waals surface area contributed by atoms with Gasteiger partial charge in [-0.2, -0.15) is 0 Å². The highest BCUT2D eigenvalue weighted by atomic mass is 15.0. The summed E-state index contributed by atoms with van der Waals surface area (Å²) >= 11 is 0. The van der Waals surface area contributed by atoms with Crippen LogP contribution < -0.4 is 0 Å². The third-order valence-electron chi connectivity index (χ3n) is 9.54. The van der Waals surface area contributed by atoms with E-state index >= 15 is 0 Å². The lowest BCUT2D eigenvalue weighted by molar-refractivity contribution is 0.666. The average Bonchev–Trinajstić information content (AvgIpc) is 3.49. The van der Waals surface area contributed by atoms with Crippen molar-refractivity contribution in [2.24, 2.45) is 0 Å². The topological polar surface area (TPSA) is 4.93 Å². The first-order valence-corrected chi connectivity index (χ1v) is 14.8.